The zero-order chi connectivity index (χ0) is 24.7. The number of amidine groups is 1. The van der Waals surface area contributed by atoms with E-state index in [1.54, 1.807) is 6.92 Å². The van der Waals surface area contributed by atoms with Gasteiger partial charge in [0.05, 0.1) is 19.6 Å². The molecule has 0 aromatic heterocycles. The normalized spacial score (nSPS) is 18.0. The van der Waals surface area contributed by atoms with Gasteiger partial charge in [-0.25, -0.2) is 4.99 Å². The van der Waals surface area contributed by atoms with Gasteiger partial charge in [-0.2, -0.15) is 0 Å². The first kappa shape index (κ1) is 30.9. The summed E-state index contributed by atoms with van der Waals surface area (Å²) in [6.45, 7) is 11.0. The van der Waals surface area contributed by atoms with Crippen LogP contribution in [0.2, 0.25) is 0 Å². The summed E-state index contributed by atoms with van der Waals surface area (Å²) in [5.74, 6) is 1.44. The molecule has 0 aromatic carbocycles. The highest BCUT2D eigenvalue weighted by Gasteiger charge is 2.35. The van der Waals surface area contributed by atoms with Crippen LogP contribution in [0.3, 0.4) is 0 Å². The maximum atomic E-state index is 11.2. The molecule has 34 heavy (non-hydrogen) atoms. The minimum Gasteiger partial charge on any atom is -0.351 e. The predicted molar refractivity (Wildman–Crippen MR) is 149 cm³/mol. The molecular formula is C30H58N3O+. The zero-order valence-corrected chi connectivity index (χ0v) is 23.2. The van der Waals surface area contributed by atoms with Crippen LogP contribution < -0.4 is 5.32 Å². The second kappa shape index (κ2) is 21.1. The van der Waals surface area contributed by atoms with Crippen molar-refractivity contribution in [2.45, 2.75) is 136 Å². The molecule has 0 aliphatic carbocycles. The van der Waals surface area contributed by atoms with Crippen LogP contribution in [-0.2, 0) is 4.79 Å². The summed E-state index contributed by atoms with van der Waals surface area (Å²) < 4.78 is 0.988. The first-order valence-corrected chi connectivity index (χ1v) is 14.9. The van der Waals surface area contributed by atoms with Crippen LogP contribution >= 0.6 is 0 Å². The second-order valence-electron chi connectivity index (χ2n) is 10.4. The SMILES string of the molecule is CCCCCCCCCCCCC/C=C/CCCCCCC1=NCC[N+]1(CC)CCNC(C)=O. The molecule has 0 saturated heterocycles. The molecule has 1 unspecified atom stereocenters. The fourth-order valence-electron chi connectivity index (χ4n) is 5.21. The standard InChI is InChI=1S/C30H57N3O/c1-4-6-7-8-9-10-11-12-13-14-15-16-17-18-19-20-21-22-23-24-30-32-26-28-33(30,5-2)27-25-31-29(3)34/h17-18H,4-16,19-28H2,1-3H3/p+1/b18-17+. The number of unbranched alkanes of at least 4 members (excludes halogenated alkanes) is 15. The van der Waals surface area contributed by atoms with Gasteiger partial charge in [0.2, 0.25) is 5.91 Å². The predicted octanol–water partition coefficient (Wildman–Crippen LogP) is 7.97. The van der Waals surface area contributed by atoms with E-state index in [-0.39, 0.29) is 5.91 Å². The molecule has 1 rings (SSSR count). The zero-order valence-electron chi connectivity index (χ0n) is 23.2. The van der Waals surface area contributed by atoms with Crippen molar-refractivity contribution in [3.05, 3.63) is 12.2 Å². The van der Waals surface area contributed by atoms with Gasteiger partial charge in [-0.1, -0.05) is 96.1 Å². The summed E-state index contributed by atoms with van der Waals surface area (Å²) in [5, 5.41) is 2.97. The molecule has 1 N–H and O–H groups in total. The van der Waals surface area contributed by atoms with Gasteiger partial charge in [0.1, 0.15) is 13.1 Å². The smallest absolute Gasteiger partial charge is 0.217 e. The van der Waals surface area contributed by atoms with Gasteiger partial charge in [-0.15, -0.1) is 0 Å². The Hall–Kier alpha value is -1.16. The molecule has 198 valence electrons. The average molecular weight is 477 g/mol. The third-order valence-corrected chi connectivity index (χ3v) is 7.55. The van der Waals surface area contributed by atoms with E-state index in [4.69, 9.17) is 4.99 Å². The Balaban J connectivity index is 1.93. The summed E-state index contributed by atoms with van der Waals surface area (Å²) in [6, 6.07) is 0. The van der Waals surface area contributed by atoms with Crippen LogP contribution in [0.15, 0.2) is 17.1 Å². The van der Waals surface area contributed by atoms with Crippen molar-refractivity contribution >= 4 is 11.7 Å². The number of likely N-dealkylation sites (N-methyl/N-ethyl adjacent to an activating group) is 1. The van der Waals surface area contributed by atoms with Gasteiger partial charge in [0.15, 0.2) is 5.84 Å². The maximum Gasteiger partial charge on any atom is 0.217 e. The Bertz CT molecular complexity index is 557. The van der Waals surface area contributed by atoms with E-state index in [1.165, 1.54) is 115 Å². The van der Waals surface area contributed by atoms with Crippen molar-refractivity contribution in [2.24, 2.45) is 4.99 Å². The van der Waals surface area contributed by atoms with Crippen LogP contribution in [0, 0.1) is 0 Å². The van der Waals surface area contributed by atoms with Crippen LogP contribution in [0.1, 0.15) is 136 Å². The molecule has 0 aromatic rings. The highest BCUT2D eigenvalue weighted by molar-refractivity contribution is 5.77. The van der Waals surface area contributed by atoms with Crippen molar-refractivity contribution in [1.29, 1.82) is 0 Å². The number of carbonyl (C=O) groups is 1. The summed E-state index contributed by atoms with van der Waals surface area (Å²) in [6.07, 6.45) is 29.4. The third kappa shape index (κ3) is 15.0. The number of hydrogen-bond donors (Lipinski definition) is 1. The number of allylic oxidation sites excluding steroid dienone is 2. The Labute approximate surface area is 212 Å². The van der Waals surface area contributed by atoms with Crippen molar-refractivity contribution in [1.82, 2.24) is 5.32 Å². The van der Waals surface area contributed by atoms with Crippen molar-refractivity contribution in [3.63, 3.8) is 0 Å². The number of aliphatic imine (C=N–C) groups is 1. The van der Waals surface area contributed by atoms with Crippen molar-refractivity contribution in [3.8, 4) is 0 Å². The number of carbonyl (C=O) groups excluding carboxylic acids is 1. The minimum atomic E-state index is 0.0693. The molecular weight excluding hydrogens is 418 g/mol. The molecule has 4 heteroatoms. The van der Waals surface area contributed by atoms with E-state index < -0.39 is 0 Å². The summed E-state index contributed by atoms with van der Waals surface area (Å²) >= 11 is 0. The third-order valence-electron chi connectivity index (χ3n) is 7.55. The number of nitrogens with zero attached hydrogens (tertiary/aromatic N) is 2. The Kier molecular flexibility index (Phi) is 19.2. The van der Waals surface area contributed by atoms with Crippen LogP contribution in [-0.4, -0.2) is 48.9 Å². The van der Waals surface area contributed by atoms with Crippen molar-refractivity contribution < 1.29 is 9.28 Å². The lowest BCUT2D eigenvalue weighted by Gasteiger charge is -2.33. The lowest BCUT2D eigenvalue weighted by Crippen LogP contribution is -2.54. The van der Waals surface area contributed by atoms with Gasteiger partial charge in [-0.05, 0) is 39.0 Å². The van der Waals surface area contributed by atoms with Gasteiger partial charge in [0, 0.05) is 13.3 Å². The Morgan fingerprint density at radius 3 is 1.88 bits per heavy atom. The van der Waals surface area contributed by atoms with Crippen molar-refractivity contribution in [2.75, 3.05) is 32.7 Å². The lowest BCUT2D eigenvalue weighted by atomic mass is 10.0. The first-order chi connectivity index (χ1) is 16.6. The van der Waals surface area contributed by atoms with Crippen LogP contribution in [0.25, 0.3) is 0 Å². The molecule has 0 saturated carbocycles. The molecule has 1 aliphatic rings. The van der Waals surface area contributed by atoms with Gasteiger partial charge >= 0.3 is 0 Å². The Morgan fingerprint density at radius 1 is 0.824 bits per heavy atom. The summed E-state index contributed by atoms with van der Waals surface area (Å²) in [7, 11) is 0. The largest absolute Gasteiger partial charge is 0.351 e. The second-order valence-corrected chi connectivity index (χ2v) is 10.4. The summed E-state index contributed by atoms with van der Waals surface area (Å²) in [4.78, 5) is 16.0. The highest BCUT2D eigenvalue weighted by atomic mass is 16.1. The maximum absolute atomic E-state index is 11.2. The van der Waals surface area contributed by atoms with E-state index in [9.17, 15) is 4.79 Å². The number of quaternary nitrogens is 1. The number of amides is 1. The van der Waals surface area contributed by atoms with E-state index in [2.05, 4.69) is 31.3 Å². The minimum absolute atomic E-state index is 0.0693. The van der Waals surface area contributed by atoms with Gasteiger partial charge in [0.25, 0.3) is 0 Å². The fraction of sp³-hybridized carbons (Fsp3) is 0.867. The highest BCUT2D eigenvalue weighted by Crippen LogP contribution is 2.20. The molecule has 1 aliphatic heterocycles. The molecule has 1 atom stereocenters. The molecule has 0 bridgehead atoms. The summed E-state index contributed by atoms with van der Waals surface area (Å²) in [5.41, 5.74) is 0. The quantitative estimate of drug-likeness (QED) is 0.0906. The van der Waals surface area contributed by atoms with Gasteiger partial charge < -0.3 is 5.32 Å². The monoisotopic (exact) mass is 476 g/mol. The van der Waals surface area contributed by atoms with E-state index in [0.29, 0.717) is 0 Å². The molecule has 0 spiro atoms. The average Bonchev–Trinajstić information content (AvgIpc) is 3.23. The molecule has 4 nitrogen and oxygen atoms in total. The number of nitrogens with one attached hydrogen (secondary N) is 1. The molecule has 0 fully saturated rings. The topological polar surface area (TPSA) is 41.5 Å². The van der Waals surface area contributed by atoms with E-state index >= 15 is 0 Å². The lowest BCUT2D eigenvalue weighted by molar-refractivity contribution is -0.833. The Morgan fingerprint density at radius 2 is 1.35 bits per heavy atom. The van der Waals surface area contributed by atoms with E-state index in [1.807, 2.05) is 0 Å². The van der Waals surface area contributed by atoms with E-state index in [0.717, 1.165) is 43.6 Å². The number of rotatable bonds is 23. The first-order valence-electron chi connectivity index (χ1n) is 14.9. The van der Waals surface area contributed by atoms with Gasteiger partial charge in [-0.3, -0.25) is 9.28 Å². The van der Waals surface area contributed by atoms with Crippen LogP contribution in [0.5, 0.6) is 0 Å². The fourth-order valence-corrected chi connectivity index (χ4v) is 5.21. The molecule has 0 radical (unpaired) electrons. The molecule has 1 heterocycles. The molecule has 1 amide bonds. The van der Waals surface area contributed by atoms with Crippen LogP contribution in [0.4, 0.5) is 0 Å². The number of hydrogen-bond acceptors (Lipinski definition) is 2.